The van der Waals surface area contributed by atoms with Crippen molar-refractivity contribution in [1.29, 1.82) is 5.26 Å². The second kappa shape index (κ2) is 5.42. The van der Waals surface area contributed by atoms with Crippen LogP contribution in [0, 0.1) is 11.3 Å². The van der Waals surface area contributed by atoms with Crippen molar-refractivity contribution in [2.75, 3.05) is 0 Å². The van der Waals surface area contributed by atoms with E-state index in [-0.39, 0.29) is 34.1 Å². The standard InChI is InChI=1S/C19H11N3O3/c20-9-13-14(10-5-7-22-8-6-10)15-16(23)11-3-1-2-4-12(11)17(24)18(15)25-19(13)21/h1-8,14H,21H2/t14-/m0/s1. The number of hydrogen-bond acceptors (Lipinski definition) is 6. The highest BCUT2D eigenvalue weighted by atomic mass is 16.5. The van der Waals surface area contributed by atoms with Crippen LogP contribution in [0.5, 0.6) is 0 Å². The van der Waals surface area contributed by atoms with E-state index in [2.05, 4.69) is 4.98 Å². The Hall–Kier alpha value is -3.72. The lowest BCUT2D eigenvalue weighted by atomic mass is 9.75. The molecule has 0 unspecified atom stereocenters. The molecule has 120 valence electrons. The number of pyridine rings is 1. The zero-order valence-corrected chi connectivity index (χ0v) is 12.9. The van der Waals surface area contributed by atoms with Crippen molar-refractivity contribution in [3.8, 4) is 6.07 Å². The summed E-state index contributed by atoms with van der Waals surface area (Å²) in [6.07, 6.45) is 3.11. The summed E-state index contributed by atoms with van der Waals surface area (Å²) in [5.41, 5.74) is 7.33. The largest absolute Gasteiger partial charge is 0.436 e. The molecule has 2 aromatic rings. The van der Waals surface area contributed by atoms with Gasteiger partial charge in [0.15, 0.2) is 11.5 Å². The lowest BCUT2D eigenvalue weighted by Crippen LogP contribution is -2.32. The molecule has 1 aromatic heterocycles. The van der Waals surface area contributed by atoms with Crippen LogP contribution in [0.15, 0.2) is 71.6 Å². The fourth-order valence-corrected chi connectivity index (χ4v) is 3.20. The fourth-order valence-electron chi connectivity index (χ4n) is 3.20. The Morgan fingerprint density at radius 2 is 1.68 bits per heavy atom. The summed E-state index contributed by atoms with van der Waals surface area (Å²) in [6, 6.07) is 11.9. The molecule has 0 saturated carbocycles. The molecule has 1 aliphatic heterocycles. The number of Topliss-reactive ketones (excluding diaryl/α,β-unsaturated/α-hetero) is 2. The molecule has 6 nitrogen and oxygen atoms in total. The van der Waals surface area contributed by atoms with Gasteiger partial charge in [0.2, 0.25) is 11.7 Å². The summed E-state index contributed by atoms with van der Waals surface area (Å²) in [7, 11) is 0. The van der Waals surface area contributed by atoms with Gasteiger partial charge in [-0.1, -0.05) is 24.3 Å². The predicted molar refractivity (Wildman–Crippen MR) is 87.0 cm³/mol. The van der Waals surface area contributed by atoms with Crippen molar-refractivity contribution in [3.05, 3.63) is 88.3 Å². The van der Waals surface area contributed by atoms with Gasteiger partial charge in [-0.3, -0.25) is 14.6 Å². The summed E-state index contributed by atoms with van der Waals surface area (Å²) in [6.45, 7) is 0. The Labute approximate surface area is 142 Å². The van der Waals surface area contributed by atoms with Crippen molar-refractivity contribution < 1.29 is 14.3 Å². The number of nitrogens with two attached hydrogens (primary N) is 1. The summed E-state index contributed by atoms with van der Waals surface area (Å²) < 4.78 is 5.41. The first-order valence-corrected chi connectivity index (χ1v) is 7.53. The number of ketones is 2. The van der Waals surface area contributed by atoms with Crippen LogP contribution in [0.2, 0.25) is 0 Å². The van der Waals surface area contributed by atoms with Gasteiger partial charge in [0.25, 0.3) is 0 Å². The maximum absolute atomic E-state index is 13.1. The van der Waals surface area contributed by atoms with Crippen LogP contribution in [-0.2, 0) is 4.74 Å². The van der Waals surface area contributed by atoms with Crippen LogP contribution in [-0.4, -0.2) is 16.6 Å². The highest BCUT2D eigenvalue weighted by Gasteiger charge is 2.43. The summed E-state index contributed by atoms with van der Waals surface area (Å²) in [5.74, 6) is -1.79. The number of hydrogen-bond donors (Lipinski definition) is 1. The van der Waals surface area contributed by atoms with Gasteiger partial charge in [0.05, 0.1) is 11.5 Å². The lowest BCUT2D eigenvalue weighted by molar-refractivity contribution is 0.0897. The molecular formula is C19H11N3O3. The van der Waals surface area contributed by atoms with Gasteiger partial charge < -0.3 is 10.5 Å². The minimum Gasteiger partial charge on any atom is -0.436 e. The summed E-state index contributed by atoms with van der Waals surface area (Å²) >= 11 is 0. The number of rotatable bonds is 1. The third-order valence-corrected chi connectivity index (χ3v) is 4.33. The van der Waals surface area contributed by atoms with E-state index < -0.39 is 11.7 Å². The number of benzene rings is 1. The Kier molecular flexibility index (Phi) is 3.22. The van der Waals surface area contributed by atoms with Crippen LogP contribution >= 0.6 is 0 Å². The highest BCUT2D eigenvalue weighted by Crippen LogP contribution is 2.43. The quantitative estimate of drug-likeness (QED) is 0.860. The number of fused-ring (bicyclic) bond motifs is 1. The van der Waals surface area contributed by atoms with Gasteiger partial charge in [0, 0.05) is 23.5 Å². The van der Waals surface area contributed by atoms with E-state index in [1.54, 1.807) is 48.8 Å². The summed E-state index contributed by atoms with van der Waals surface area (Å²) in [5, 5.41) is 9.53. The van der Waals surface area contributed by atoms with Gasteiger partial charge in [0.1, 0.15) is 11.6 Å². The average Bonchev–Trinajstić information content (AvgIpc) is 2.66. The third kappa shape index (κ3) is 2.07. The van der Waals surface area contributed by atoms with Gasteiger partial charge in [-0.2, -0.15) is 5.26 Å². The molecule has 6 heteroatoms. The second-order valence-electron chi connectivity index (χ2n) is 5.65. The first-order chi connectivity index (χ1) is 12.1. The third-order valence-electron chi connectivity index (χ3n) is 4.33. The van der Waals surface area contributed by atoms with Crippen molar-refractivity contribution in [1.82, 2.24) is 4.98 Å². The molecular weight excluding hydrogens is 318 g/mol. The first-order valence-electron chi connectivity index (χ1n) is 7.53. The normalized spacial score (nSPS) is 19.1. The smallest absolute Gasteiger partial charge is 0.229 e. The van der Waals surface area contributed by atoms with Crippen LogP contribution < -0.4 is 5.73 Å². The molecule has 0 saturated heterocycles. The maximum Gasteiger partial charge on any atom is 0.229 e. The molecule has 2 aliphatic rings. The maximum atomic E-state index is 13.1. The molecule has 2 heterocycles. The molecule has 0 bridgehead atoms. The van der Waals surface area contributed by atoms with Gasteiger partial charge in [-0.05, 0) is 17.7 Å². The van der Waals surface area contributed by atoms with Crippen molar-refractivity contribution in [2.45, 2.75) is 5.92 Å². The van der Waals surface area contributed by atoms with Gasteiger partial charge in [-0.15, -0.1) is 0 Å². The molecule has 4 rings (SSSR count). The molecule has 0 spiro atoms. The number of carbonyl (C=O) groups is 2. The van der Waals surface area contributed by atoms with E-state index in [9.17, 15) is 14.9 Å². The minimum absolute atomic E-state index is 0.102. The molecule has 25 heavy (non-hydrogen) atoms. The van der Waals surface area contributed by atoms with Gasteiger partial charge in [-0.25, -0.2) is 0 Å². The number of allylic oxidation sites excluding steroid dienone is 3. The number of ether oxygens (including phenoxy) is 1. The monoisotopic (exact) mass is 329 g/mol. The molecule has 1 atom stereocenters. The molecule has 0 fully saturated rings. The number of nitriles is 1. The van der Waals surface area contributed by atoms with Crippen LogP contribution in [0.25, 0.3) is 0 Å². The number of nitrogens with zero attached hydrogens (tertiary/aromatic N) is 2. The molecule has 1 aromatic carbocycles. The Balaban J connectivity index is 1.99. The average molecular weight is 329 g/mol. The van der Waals surface area contributed by atoms with E-state index in [1.807, 2.05) is 6.07 Å². The lowest BCUT2D eigenvalue weighted by Gasteiger charge is -2.30. The topological polar surface area (TPSA) is 106 Å². The van der Waals surface area contributed by atoms with E-state index >= 15 is 0 Å². The van der Waals surface area contributed by atoms with Crippen molar-refractivity contribution in [3.63, 3.8) is 0 Å². The van der Waals surface area contributed by atoms with E-state index in [0.29, 0.717) is 11.1 Å². The highest BCUT2D eigenvalue weighted by molar-refractivity contribution is 6.27. The van der Waals surface area contributed by atoms with Crippen LogP contribution in [0.4, 0.5) is 0 Å². The van der Waals surface area contributed by atoms with Crippen molar-refractivity contribution >= 4 is 11.6 Å². The van der Waals surface area contributed by atoms with Crippen LogP contribution in [0.3, 0.4) is 0 Å². The van der Waals surface area contributed by atoms with E-state index in [1.165, 1.54) is 0 Å². The molecule has 1 aliphatic carbocycles. The molecule has 0 radical (unpaired) electrons. The second-order valence-corrected chi connectivity index (χ2v) is 5.65. The Morgan fingerprint density at radius 1 is 1.04 bits per heavy atom. The molecule has 0 amide bonds. The zero-order valence-electron chi connectivity index (χ0n) is 12.9. The van der Waals surface area contributed by atoms with Crippen LogP contribution in [0.1, 0.15) is 32.2 Å². The van der Waals surface area contributed by atoms with Crippen molar-refractivity contribution in [2.24, 2.45) is 5.73 Å². The van der Waals surface area contributed by atoms with E-state index in [4.69, 9.17) is 10.5 Å². The Bertz CT molecular complexity index is 1030. The molecule has 2 N–H and O–H groups in total. The fraction of sp³-hybridized carbons (Fsp3) is 0.0526. The first kappa shape index (κ1) is 14.8. The number of carbonyl (C=O) groups excluding carboxylic acids is 2. The minimum atomic E-state index is -0.762. The van der Waals surface area contributed by atoms with E-state index in [0.717, 1.165) is 0 Å². The zero-order chi connectivity index (χ0) is 17.6. The Morgan fingerprint density at radius 3 is 2.32 bits per heavy atom. The SMILES string of the molecule is N#CC1=C(N)OC2=C(C(=O)c3ccccc3C2=O)[C@H]1c1ccncc1. The summed E-state index contributed by atoms with van der Waals surface area (Å²) in [4.78, 5) is 29.8. The predicted octanol–water partition coefficient (Wildman–Crippen LogP) is 2.22. The number of aromatic nitrogens is 1. The van der Waals surface area contributed by atoms with Gasteiger partial charge >= 0.3 is 0 Å².